The number of benzene rings is 2. The highest BCUT2D eigenvalue weighted by molar-refractivity contribution is 5.81. The van der Waals surface area contributed by atoms with Crippen LogP contribution >= 0.6 is 0 Å². The van der Waals surface area contributed by atoms with Crippen LogP contribution in [0, 0.1) is 5.82 Å². The van der Waals surface area contributed by atoms with E-state index in [2.05, 4.69) is 4.90 Å². The molecule has 0 aromatic heterocycles. The first-order valence-corrected chi connectivity index (χ1v) is 7.74. The summed E-state index contributed by atoms with van der Waals surface area (Å²) in [5, 5.41) is 0. The Hall–Kier alpha value is -2.40. The van der Waals surface area contributed by atoms with Crippen molar-refractivity contribution in [1.82, 2.24) is 4.90 Å². The van der Waals surface area contributed by atoms with Gasteiger partial charge in [0.05, 0.1) is 5.69 Å². The molecular weight excluding hydrogens is 293 g/mol. The SMILES string of the molecule is NC(=O)C(c1ccccc1)N1CCN(c2ccccc2F)CC1. The number of amides is 1. The van der Waals surface area contributed by atoms with Crippen molar-refractivity contribution in [3.63, 3.8) is 0 Å². The number of primary amides is 1. The second-order valence-electron chi connectivity index (χ2n) is 5.69. The van der Waals surface area contributed by atoms with E-state index in [0.717, 1.165) is 5.56 Å². The maximum absolute atomic E-state index is 13.9. The summed E-state index contributed by atoms with van der Waals surface area (Å²) in [6.07, 6.45) is 0. The lowest BCUT2D eigenvalue weighted by atomic mass is 10.0. The van der Waals surface area contributed by atoms with Crippen molar-refractivity contribution in [3.8, 4) is 0 Å². The Morgan fingerprint density at radius 2 is 1.57 bits per heavy atom. The molecule has 0 saturated carbocycles. The van der Waals surface area contributed by atoms with Gasteiger partial charge in [-0.25, -0.2) is 4.39 Å². The largest absolute Gasteiger partial charge is 0.368 e. The fraction of sp³-hybridized carbons (Fsp3) is 0.278. The van der Waals surface area contributed by atoms with E-state index in [-0.39, 0.29) is 11.7 Å². The van der Waals surface area contributed by atoms with Crippen molar-refractivity contribution in [2.75, 3.05) is 31.1 Å². The predicted octanol–water partition coefficient (Wildman–Crippen LogP) is 2.17. The van der Waals surface area contributed by atoms with Crippen LogP contribution in [0.15, 0.2) is 54.6 Å². The number of nitrogens with zero attached hydrogens (tertiary/aromatic N) is 2. The van der Waals surface area contributed by atoms with Crippen molar-refractivity contribution < 1.29 is 9.18 Å². The average molecular weight is 313 g/mol. The summed E-state index contributed by atoms with van der Waals surface area (Å²) in [6.45, 7) is 2.66. The van der Waals surface area contributed by atoms with Gasteiger partial charge in [0, 0.05) is 26.2 Å². The molecule has 1 aliphatic heterocycles. The van der Waals surface area contributed by atoms with E-state index >= 15 is 0 Å². The van der Waals surface area contributed by atoms with E-state index in [0.29, 0.717) is 31.9 Å². The summed E-state index contributed by atoms with van der Waals surface area (Å²) < 4.78 is 13.9. The molecule has 1 aliphatic rings. The van der Waals surface area contributed by atoms with Crippen molar-refractivity contribution in [1.29, 1.82) is 0 Å². The summed E-state index contributed by atoms with van der Waals surface area (Å²) in [5.41, 5.74) is 7.13. The van der Waals surface area contributed by atoms with E-state index in [4.69, 9.17) is 5.73 Å². The van der Waals surface area contributed by atoms with E-state index in [1.54, 1.807) is 12.1 Å². The van der Waals surface area contributed by atoms with Gasteiger partial charge in [-0.3, -0.25) is 9.69 Å². The Bertz CT molecular complexity index is 669. The molecule has 23 heavy (non-hydrogen) atoms. The summed E-state index contributed by atoms with van der Waals surface area (Å²) in [4.78, 5) is 16.0. The molecular formula is C18H20FN3O. The van der Waals surface area contributed by atoms with Crippen molar-refractivity contribution in [3.05, 3.63) is 66.0 Å². The van der Waals surface area contributed by atoms with Crippen LogP contribution in [0.5, 0.6) is 0 Å². The third-order valence-electron chi connectivity index (χ3n) is 4.26. The monoisotopic (exact) mass is 313 g/mol. The summed E-state index contributed by atoms with van der Waals surface area (Å²) in [7, 11) is 0. The number of rotatable bonds is 4. The van der Waals surface area contributed by atoms with Gasteiger partial charge in [0.15, 0.2) is 0 Å². The molecule has 120 valence electrons. The Labute approximate surface area is 135 Å². The second kappa shape index (κ2) is 6.79. The molecule has 2 N–H and O–H groups in total. The molecule has 1 amide bonds. The minimum absolute atomic E-state index is 0.213. The number of piperazine rings is 1. The molecule has 0 aliphatic carbocycles. The zero-order chi connectivity index (χ0) is 16.2. The van der Waals surface area contributed by atoms with E-state index < -0.39 is 6.04 Å². The molecule has 2 aromatic carbocycles. The van der Waals surface area contributed by atoms with Crippen LogP contribution in [-0.2, 0) is 4.79 Å². The van der Waals surface area contributed by atoms with Crippen LogP contribution < -0.4 is 10.6 Å². The fourth-order valence-corrected chi connectivity index (χ4v) is 3.12. The van der Waals surface area contributed by atoms with Gasteiger partial charge < -0.3 is 10.6 Å². The van der Waals surface area contributed by atoms with Gasteiger partial charge in [-0.05, 0) is 17.7 Å². The Morgan fingerprint density at radius 1 is 0.957 bits per heavy atom. The lowest BCUT2D eigenvalue weighted by Gasteiger charge is -2.39. The average Bonchev–Trinajstić information content (AvgIpc) is 2.57. The van der Waals surface area contributed by atoms with Crippen LogP contribution in [0.1, 0.15) is 11.6 Å². The molecule has 0 bridgehead atoms. The standard InChI is InChI=1S/C18H20FN3O/c19-15-8-4-5-9-16(15)21-10-12-22(13-11-21)17(18(20)23)14-6-2-1-3-7-14/h1-9,17H,10-13H2,(H2,20,23). The maximum Gasteiger partial charge on any atom is 0.239 e. The first-order valence-electron chi connectivity index (χ1n) is 7.74. The van der Waals surface area contributed by atoms with Gasteiger partial charge in [0.1, 0.15) is 11.9 Å². The van der Waals surface area contributed by atoms with Gasteiger partial charge >= 0.3 is 0 Å². The Kier molecular flexibility index (Phi) is 4.57. The molecule has 1 fully saturated rings. The number of carbonyl (C=O) groups excluding carboxylic acids is 1. The number of anilines is 1. The van der Waals surface area contributed by atoms with Crippen LogP contribution in [-0.4, -0.2) is 37.0 Å². The highest BCUT2D eigenvalue weighted by Gasteiger charge is 2.29. The minimum Gasteiger partial charge on any atom is -0.368 e. The summed E-state index contributed by atoms with van der Waals surface area (Å²) >= 11 is 0. The molecule has 2 aromatic rings. The molecule has 1 unspecified atom stereocenters. The third-order valence-corrected chi connectivity index (χ3v) is 4.26. The summed E-state index contributed by atoms with van der Waals surface area (Å²) in [5.74, 6) is -0.564. The zero-order valence-electron chi connectivity index (χ0n) is 12.9. The lowest BCUT2D eigenvalue weighted by molar-refractivity contribution is -0.123. The van der Waals surface area contributed by atoms with Crippen molar-refractivity contribution in [2.45, 2.75) is 6.04 Å². The third kappa shape index (κ3) is 3.35. The normalized spacial score (nSPS) is 17.0. The number of carbonyl (C=O) groups is 1. The lowest BCUT2D eigenvalue weighted by Crippen LogP contribution is -2.50. The number of hydrogen-bond acceptors (Lipinski definition) is 3. The highest BCUT2D eigenvalue weighted by Crippen LogP contribution is 2.25. The van der Waals surface area contributed by atoms with E-state index in [1.165, 1.54) is 6.07 Å². The van der Waals surface area contributed by atoms with Crippen LogP contribution in [0.4, 0.5) is 10.1 Å². The van der Waals surface area contributed by atoms with Crippen LogP contribution in [0.3, 0.4) is 0 Å². The molecule has 4 nitrogen and oxygen atoms in total. The number of halogens is 1. The fourth-order valence-electron chi connectivity index (χ4n) is 3.12. The van der Waals surface area contributed by atoms with Gasteiger partial charge in [-0.15, -0.1) is 0 Å². The zero-order valence-corrected chi connectivity index (χ0v) is 12.9. The molecule has 0 radical (unpaired) electrons. The van der Waals surface area contributed by atoms with Crippen molar-refractivity contribution >= 4 is 11.6 Å². The smallest absolute Gasteiger partial charge is 0.239 e. The second-order valence-corrected chi connectivity index (χ2v) is 5.69. The topological polar surface area (TPSA) is 49.6 Å². The molecule has 5 heteroatoms. The highest BCUT2D eigenvalue weighted by atomic mass is 19.1. The molecule has 1 saturated heterocycles. The van der Waals surface area contributed by atoms with E-state index in [1.807, 2.05) is 41.3 Å². The van der Waals surface area contributed by atoms with Crippen LogP contribution in [0.2, 0.25) is 0 Å². The number of nitrogens with two attached hydrogens (primary N) is 1. The first-order chi connectivity index (χ1) is 11.2. The quantitative estimate of drug-likeness (QED) is 0.941. The van der Waals surface area contributed by atoms with Gasteiger partial charge in [0.25, 0.3) is 0 Å². The van der Waals surface area contributed by atoms with Gasteiger partial charge in [-0.2, -0.15) is 0 Å². The van der Waals surface area contributed by atoms with Crippen LogP contribution in [0.25, 0.3) is 0 Å². The summed E-state index contributed by atoms with van der Waals surface area (Å²) in [6, 6.07) is 15.9. The minimum atomic E-state index is -0.432. The molecule has 1 atom stereocenters. The van der Waals surface area contributed by atoms with E-state index in [9.17, 15) is 9.18 Å². The maximum atomic E-state index is 13.9. The molecule has 1 heterocycles. The van der Waals surface area contributed by atoms with Gasteiger partial charge in [-0.1, -0.05) is 42.5 Å². The Balaban J connectivity index is 1.72. The predicted molar refractivity (Wildman–Crippen MR) is 88.6 cm³/mol. The van der Waals surface area contributed by atoms with Gasteiger partial charge in [0.2, 0.25) is 5.91 Å². The molecule has 3 rings (SSSR count). The first kappa shape index (κ1) is 15.5. The van der Waals surface area contributed by atoms with Crippen molar-refractivity contribution in [2.24, 2.45) is 5.73 Å². The Morgan fingerprint density at radius 3 is 2.17 bits per heavy atom. The molecule has 0 spiro atoms. The number of para-hydroxylation sites is 1. The number of hydrogen-bond donors (Lipinski definition) is 1.